The lowest BCUT2D eigenvalue weighted by Gasteiger charge is -2.45. The Morgan fingerprint density at radius 3 is 2.37 bits per heavy atom. The third-order valence-corrected chi connectivity index (χ3v) is 4.70. The van der Waals surface area contributed by atoms with Gasteiger partial charge in [0.1, 0.15) is 11.7 Å². The molecule has 0 saturated carbocycles. The molecule has 1 aliphatic rings. The zero-order valence-electron chi connectivity index (χ0n) is 14.9. The summed E-state index contributed by atoms with van der Waals surface area (Å²) in [6.07, 6.45) is -5.49. The number of Topliss-reactive ketones (excluding diaryl/α,β-unsaturated/α-hetero) is 1. The summed E-state index contributed by atoms with van der Waals surface area (Å²) in [4.78, 5) is 35.1. The number of hydrogen-bond acceptors (Lipinski definition) is 6. The number of nitro benzene ring substituents is 1. The number of amides is 2. The van der Waals surface area contributed by atoms with E-state index in [1.807, 2.05) is 0 Å². The number of aromatic hydroxyl groups is 1. The molecule has 4 N–H and O–H groups in total. The minimum absolute atomic E-state index is 0.210. The smallest absolute Gasteiger partial charge is 0.437 e. The van der Waals surface area contributed by atoms with Gasteiger partial charge in [-0.1, -0.05) is 30.3 Å². The summed E-state index contributed by atoms with van der Waals surface area (Å²) in [6.45, 7) is 0. The lowest BCUT2D eigenvalue weighted by atomic mass is 9.77. The molecule has 2 aromatic rings. The summed E-state index contributed by atoms with van der Waals surface area (Å²) >= 11 is 0. The van der Waals surface area contributed by atoms with E-state index in [0.717, 1.165) is 18.2 Å². The average Bonchev–Trinajstić information content (AvgIpc) is 2.67. The van der Waals surface area contributed by atoms with Crippen molar-refractivity contribution in [2.24, 2.45) is 5.92 Å². The quantitative estimate of drug-likeness (QED) is 0.337. The first-order valence-electron chi connectivity index (χ1n) is 8.40. The molecule has 2 amide bonds. The van der Waals surface area contributed by atoms with Crippen LogP contribution in [0, 0.1) is 16.0 Å². The first-order chi connectivity index (χ1) is 14.0. The van der Waals surface area contributed by atoms with Crippen molar-refractivity contribution in [1.82, 2.24) is 10.6 Å². The number of phenols is 1. The van der Waals surface area contributed by atoms with Gasteiger partial charge in [0.15, 0.2) is 5.78 Å². The van der Waals surface area contributed by atoms with Gasteiger partial charge in [0, 0.05) is 23.3 Å². The monoisotopic (exact) mass is 425 g/mol. The second kappa shape index (κ2) is 7.30. The third kappa shape index (κ3) is 3.52. The third-order valence-electron chi connectivity index (χ3n) is 4.70. The maximum atomic E-state index is 13.8. The van der Waals surface area contributed by atoms with Crippen LogP contribution in [0.5, 0.6) is 5.75 Å². The van der Waals surface area contributed by atoms with Crippen LogP contribution < -0.4 is 10.6 Å². The predicted molar refractivity (Wildman–Crippen MR) is 94.4 cm³/mol. The number of urea groups is 1. The van der Waals surface area contributed by atoms with Crippen molar-refractivity contribution in [2.45, 2.75) is 17.9 Å². The molecule has 0 radical (unpaired) electrons. The van der Waals surface area contributed by atoms with E-state index in [1.54, 1.807) is 0 Å². The number of ketones is 1. The van der Waals surface area contributed by atoms with Crippen molar-refractivity contribution in [3.05, 3.63) is 69.8 Å². The van der Waals surface area contributed by atoms with Crippen molar-refractivity contribution in [1.29, 1.82) is 0 Å². The number of alkyl halides is 3. The lowest BCUT2D eigenvalue weighted by Crippen LogP contribution is -2.72. The lowest BCUT2D eigenvalue weighted by molar-refractivity contribution is -0.385. The van der Waals surface area contributed by atoms with E-state index >= 15 is 0 Å². The SMILES string of the molecule is O=C1N[C@H](c2cc([N+](=O)[O-])ccc2O)[C@H](C(=O)c2ccccc2)[C@](O)(C(F)(F)F)N1. The molecule has 0 bridgehead atoms. The summed E-state index contributed by atoms with van der Waals surface area (Å²) < 4.78 is 41.4. The number of aliphatic hydroxyl groups is 1. The summed E-state index contributed by atoms with van der Waals surface area (Å²) in [5, 5.41) is 35.0. The standard InChI is InChI=1S/C18H14F3N3O6/c19-18(20,21)17(28)13(15(26)9-4-2-1-3-5-9)14(22-16(27)23-17)11-8-10(24(29)30)6-7-12(11)25/h1-8,13-14,25,28H,(H2,22,23,27)/t13-,14-,17+/m1/s1. The number of phenolic OH excluding ortho intramolecular Hbond substituents is 1. The second-order valence-electron chi connectivity index (χ2n) is 6.55. The highest BCUT2D eigenvalue weighted by Gasteiger charge is 2.66. The first kappa shape index (κ1) is 21.0. The number of carbonyl (C=O) groups excluding carboxylic acids is 2. The fourth-order valence-electron chi connectivity index (χ4n) is 3.28. The number of nitrogens with one attached hydrogen (secondary N) is 2. The van der Waals surface area contributed by atoms with Gasteiger partial charge in [-0.25, -0.2) is 4.79 Å². The van der Waals surface area contributed by atoms with Crippen LogP contribution in [-0.2, 0) is 0 Å². The second-order valence-corrected chi connectivity index (χ2v) is 6.55. The van der Waals surface area contributed by atoms with E-state index in [9.17, 15) is 43.1 Å². The molecule has 9 nitrogen and oxygen atoms in total. The summed E-state index contributed by atoms with van der Waals surface area (Å²) in [5.74, 6) is -4.33. The van der Waals surface area contributed by atoms with Crippen molar-refractivity contribution >= 4 is 17.5 Å². The number of hydrogen-bond donors (Lipinski definition) is 4. The molecule has 158 valence electrons. The van der Waals surface area contributed by atoms with Crippen LogP contribution in [0.15, 0.2) is 48.5 Å². The van der Waals surface area contributed by atoms with E-state index in [4.69, 9.17) is 0 Å². The van der Waals surface area contributed by atoms with E-state index in [-0.39, 0.29) is 5.56 Å². The predicted octanol–water partition coefficient (Wildman–Crippen LogP) is 2.40. The number of halogens is 3. The van der Waals surface area contributed by atoms with E-state index in [2.05, 4.69) is 5.32 Å². The maximum Gasteiger partial charge on any atom is 0.437 e. The van der Waals surface area contributed by atoms with Crippen LogP contribution in [0.3, 0.4) is 0 Å². The van der Waals surface area contributed by atoms with Crippen molar-refractivity contribution < 1.29 is 37.9 Å². The van der Waals surface area contributed by atoms with Gasteiger partial charge in [-0.05, 0) is 6.07 Å². The van der Waals surface area contributed by atoms with Crippen molar-refractivity contribution in [3.63, 3.8) is 0 Å². The van der Waals surface area contributed by atoms with Gasteiger partial charge in [-0.15, -0.1) is 0 Å². The minimum Gasteiger partial charge on any atom is -0.508 e. The number of benzene rings is 2. The number of carbonyl (C=O) groups is 2. The van der Waals surface area contributed by atoms with Gasteiger partial charge in [0.05, 0.1) is 11.0 Å². The fourth-order valence-corrected chi connectivity index (χ4v) is 3.28. The Morgan fingerprint density at radius 1 is 1.17 bits per heavy atom. The van der Waals surface area contributed by atoms with Crippen molar-refractivity contribution in [2.75, 3.05) is 0 Å². The molecule has 1 aliphatic heterocycles. The molecule has 3 atom stereocenters. The molecule has 0 aliphatic carbocycles. The Balaban J connectivity index is 2.23. The zero-order valence-corrected chi connectivity index (χ0v) is 14.9. The molecule has 0 aromatic heterocycles. The molecule has 1 saturated heterocycles. The number of nitro groups is 1. The number of rotatable bonds is 4. The molecule has 1 fully saturated rings. The highest BCUT2D eigenvalue weighted by Crippen LogP contribution is 2.46. The van der Waals surface area contributed by atoms with Gasteiger partial charge in [-0.3, -0.25) is 14.9 Å². The van der Waals surface area contributed by atoms with Gasteiger partial charge in [-0.2, -0.15) is 13.2 Å². The minimum atomic E-state index is -5.49. The normalized spacial score (nSPS) is 23.9. The van der Waals surface area contributed by atoms with Crippen LogP contribution in [0.1, 0.15) is 22.0 Å². The molecule has 1 heterocycles. The number of nitrogens with zero attached hydrogens (tertiary/aromatic N) is 1. The molecule has 0 spiro atoms. The maximum absolute atomic E-state index is 13.8. The van der Waals surface area contributed by atoms with Gasteiger partial charge < -0.3 is 20.8 Å². The number of non-ortho nitro benzene ring substituents is 1. The fraction of sp³-hybridized carbons (Fsp3) is 0.222. The highest BCUT2D eigenvalue weighted by molar-refractivity contribution is 6.00. The zero-order chi connectivity index (χ0) is 22.3. The summed E-state index contributed by atoms with van der Waals surface area (Å²) in [5.41, 5.74) is -5.35. The van der Waals surface area contributed by atoms with Crippen LogP contribution >= 0.6 is 0 Å². The van der Waals surface area contributed by atoms with E-state index in [1.165, 1.54) is 35.6 Å². The van der Waals surface area contributed by atoms with E-state index < -0.39 is 57.6 Å². The molecule has 2 aromatic carbocycles. The summed E-state index contributed by atoms with van der Waals surface area (Å²) in [6, 6.07) is 5.75. The molecular formula is C18H14F3N3O6. The largest absolute Gasteiger partial charge is 0.508 e. The van der Waals surface area contributed by atoms with Crippen molar-refractivity contribution in [3.8, 4) is 5.75 Å². The van der Waals surface area contributed by atoms with Gasteiger partial charge in [0.25, 0.3) is 5.69 Å². The van der Waals surface area contributed by atoms with Crippen LogP contribution in [-0.4, -0.2) is 38.9 Å². The van der Waals surface area contributed by atoms with Gasteiger partial charge >= 0.3 is 12.2 Å². The Labute approximate surface area is 166 Å². The van der Waals surface area contributed by atoms with Crippen LogP contribution in [0.25, 0.3) is 0 Å². The Hall–Kier alpha value is -3.67. The van der Waals surface area contributed by atoms with Gasteiger partial charge in [0.2, 0.25) is 5.72 Å². The molecular weight excluding hydrogens is 411 g/mol. The average molecular weight is 425 g/mol. The molecule has 12 heteroatoms. The van der Waals surface area contributed by atoms with Crippen LogP contribution in [0.4, 0.5) is 23.7 Å². The topological polar surface area (TPSA) is 142 Å². The Bertz CT molecular complexity index is 1010. The molecule has 30 heavy (non-hydrogen) atoms. The summed E-state index contributed by atoms with van der Waals surface area (Å²) in [7, 11) is 0. The van der Waals surface area contributed by atoms with E-state index in [0.29, 0.717) is 0 Å². The Kier molecular flexibility index (Phi) is 5.12. The Morgan fingerprint density at radius 2 is 1.80 bits per heavy atom. The van der Waals surface area contributed by atoms with Crippen LogP contribution in [0.2, 0.25) is 0 Å². The highest BCUT2D eigenvalue weighted by atomic mass is 19.4. The first-order valence-corrected chi connectivity index (χ1v) is 8.40. The molecule has 0 unspecified atom stereocenters. The molecule has 3 rings (SSSR count).